The summed E-state index contributed by atoms with van der Waals surface area (Å²) in [6.07, 6.45) is 6.37. The Morgan fingerprint density at radius 2 is 1.67 bits per heavy atom. The second-order valence-electron chi connectivity index (χ2n) is 3.16. The third kappa shape index (κ3) is 3.54. The summed E-state index contributed by atoms with van der Waals surface area (Å²) in [7, 11) is 0. The minimum absolute atomic E-state index is 1.09. The Morgan fingerprint density at radius 1 is 1.07 bits per heavy atom. The van der Waals surface area contributed by atoms with Gasteiger partial charge < -0.3 is 4.57 Å². The van der Waals surface area contributed by atoms with Gasteiger partial charge in [-0.25, -0.2) is 4.98 Å². The SMILES string of the molecule is CC.CC.CC1=Cn2c(C)cnc2CC1. The van der Waals surface area contributed by atoms with Crippen molar-refractivity contribution in [1.82, 2.24) is 9.55 Å². The smallest absolute Gasteiger partial charge is 0.113 e. The van der Waals surface area contributed by atoms with Gasteiger partial charge in [0.05, 0.1) is 0 Å². The van der Waals surface area contributed by atoms with Gasteiger partial charge in [0.1, 0.15) is 5.82 Å². The molecule has 1 aliphatic rings. The summed E-state index contributed by atoms with van der Waals surface area (Å²) in [5.41, 5.74) is 2.68. The van der Waals surface area contributed by atoms with E-state index >= 15 is 0 Å². The van der Waals surface area contributed by atoms with Gasteiger partial charge in [0.2, 0.25) is 0 Å². The second kappa shape index (κ2) is 7.27. The van der Waals surface area contributed by atoms with Crippen molar-refractivity contribution in [2.45, 2.75) is 54.4 Å². The lowest BCUT2D eigenvalue weighted by Gasteiger charge is -2.12. The van der Waals surface area contributed by atoms with Gasteiger partial charge in [0, 0.05) is 24.5 Å². The number of hydrogen-bond donors (Lipinski definition) is 0. The fourth-order valence-corrected chi connectivity index (χ4v) is 1.45. The molecule has 2 nitrogen and oxygen atoms in total. The molecular formula is C13H24N2. The molecule has 2 heteroatoms. The van der Waals surface area contributed by atoms with E-state index in [1.54, 1.807) is 0 Å². The topological polar surface area (TPSA) is 17.8 Å². The highest BCUT2D eigenvalue weighted by atomic mass is 15.1. The Labute approximate surface area is 94.0 Å². The van der Waals surface area contributed by atoms with Crippen molar-refractivity contribution in [3.63, 3.8) is 0 Å². The summed E-state index contributed by atoms with van der Waals surface area (Å²) >= 11 is 0. The molecule has 1 aromatic rings. The van der Waals surface area contributed by atoms with E-state index in [0.717, 1.165) is 12.8 Å². The highest BCUT2D eigenvalue weighted by molar-refractivity contribution is 5.37. The number of hydrogen-bond acceptors (Lipinski definition) is 1. The van der Waals surface area contributed by atoms with Gasteiger partial charge in [-0.1, -0.05) is 33.3 Å². The molecule has 0 unspecified atom stereocenters. The van der Waals surface area contributed by atoms with Gasteiger partial charge in [-0.2, -0.15) is 0 Å². The fourth-order valence-electron chi connectivity index (χ4n) is 1.45. The molecule has 15 heavy (non-hydrogen) atoms. The van der Waals surface area contributed by atoms with Crippen LogP contribution in [0.2, 0.25) is 0 Å². The van der Waals surface area contributed by atoms with E-state index in [0.29, 0.717) is 0 Å². The van der Waals surface area contributed by atoms with Crippen LogP contribution in [-0.4, -0.2) is 9.55 Å². The van der Waals surface area contributed by atoms with Gasteiger partial charge in [-0.05, 0) is 20.3 Å². The van der Waals surface area contributed by atoms with Crippen molar-refractivity contribution in [2.24, 2.45) is 0 Å². The van der Waals surface area contributed by atoms with Crippen molar-refractivity contribution in [3.05, 3.63) is 23.3 Å². The predicted molar refractivity (Wildman–Crippen MR) is 67.9 cm³/mol. The van der Waals surface area contributed by atoms with Gasteiger partial charge in [0.15, 0.2) is 0 Å². The van der Waals surface area contributed by atoms with E-state index in [2.05, 4.69) is 29.6 Å². The summed E-state index contributed by atoms with van der Waals surface area (Å²) in [4.78, 5) is 4.31. The largest absolute Gasteiger partial charge is 0.308 e. The van der Waals surface area contributed by atoms with Crippen molar-refractivity contribution < 1.29 is 0 Å². The van der Waals surface area contributed by atoms with Crippen molar-refractivity contribution in [3.8, 4) is 0 Å². The Morgan fingerprint density at radius 3 is 2.27 bits per heavy atom. The molecule has 0 radical (unpaired) electrons. The maximum absolute atomic E-state index is 4.31. The molecule has 1 aromatic heterocycles. The molecular weight excluding hydrogens is 184 g/mol. The molecule has 0 atom stereocenters. The first-order valence-electron chi connectivity index (χ1n) is 5.97. The van der Waals surface area contributed by atoms with Crippen LogP contribution in [0.4, 0.5) is 0 Å². The average Bonchev–Trinajstić information content (AvgIpc) is 2.66. The van der Waals surface area contributed by atoms with Gasteiger partial charge in [-0.15, -0.1) is 0 Å². The van der Waals surface area contributed by atoms with E-state index in [1.807, 2.05) is 33.9 Å². The minimum Gasteiger partial charge on any atom is -0.308 e. The summed E-state index contributed by atoms with van der Waals surface area (Å²) in [6.45, 7) is 12.3. The molecule has 0 saturated heterocycles. The molecule has 0 spiro atoms. The van der Waals surface area contributed by atoms with Gasteiger partial charge in [-0.3, -0.25) is 0 Å². The van der Waals surface area contributed by atoms with Crippen LogP contribution in [0.3, 0.4) is 0 Å². The summed E-state index contributed by atoms with van der Waals surface area (Å²) in [6, 6.07) is 0. The predicted octanol–water partition coefficient (Wildman–Crippen LogP) is 4.05. The van der Waals surface area contributed by atoms with Crippen LogP contribution >= 0.6 is 0 Å². The Balaban J connectivity index is 0.000000442. The number of imidazole rings is 1. The van der Waals surface area contributed by atoms with Crippen LogP contribution in [-0.2, 0) is 6.42 Å². The fraction of sp³-hybridized carbons (Fsp3) is 0.615. The maximum Gasteiger partial charge on any atom is 0.113 e. The van der Waals surface area contributed by atoms with E-state index in [9.17, 15) is 0 Å². The first-order valence-corrected chi connectivity index (χ1v) is 5.97. The molecule has 0 aliphatic carbocycles. The number of aryl methyl sites for hydroxylation is 2. The summed E-state index contributed by atoms with van der Waals surface area (Å²) < 4.78 is 2.18. The lowest BCUT2D eigenvalue weighted by molar-refractivity contribution is 0.795. The first-order chi connectivity index (χ1) is 7.27. The number of aromatic nitrogens is 2. The zero-order valence-corrected chi connectivity index (χ0v) is 11.0. The molecule has 0 fully saturated rings. The monoisotopic (exact) mass is 208 g/mol. The Bertz CT molecular complexity index is 308. The molecule has 0 saturated carbocycles. The molecule has 2 heterocycles. The molecule has 86 valence electrons. The molecule has 2 rings (SSSR count). The molecule has 1 aliphatic heterocycles. The van der Waals surface area contributed by atoms with Crippen LogP contribution < -0.4 is 0 Å². The minimum atomic E-state index is 1.09. The van der Waals surface area contributed by atoms with E-state index < -0.39 is 0 Å². The molecule has 0 N–H and O–H groups in total. The lowest BCUT2D eigenvalue weighted by atomic mass is 10.1. The third-order valence-corrected chi connectivity index (χ3v) is 2.15. The Kier molecular flexibility index (Phi) is 6.76. The standard InChI is InChI=1S/C9H12N2.2C2H6/c1-7-3-4-9-10-5-8(2)11(9)6-7;2*1-2/h5-6H,3-4H2,1-2H3;2*1-2H3. The number of fused-ring (bicyclic) bond motifs is 1. The van der Waals surface area contributed by atoms with E-state index in [1.165, 1.54) is 17.1 Å². The van der Waals surface area contributed by atoms with E-state index in [4.69, 9.17) is 0 Å². The van der Waals surface area contributed by atoms with Crippen LogP contribution in [0.5, 0.6) is 0 Å². The third-order valence-electron chi connectivity index (χ3n) is 2.15. The molecule has 0 bridgehead atoms. The van der Waals surface area contributed by atoms with Gasteiger partial charge in [0.25, 0.3) is 0 Å². The lowest BCUT2D eigenvalue weighted by Crippen LogP contribution is -2.04. The Hall–Kier alpha value is -1.05. The van der Waals surface area contributed by atoms with Gasteiger partial charge >= 0.3 is 0 Å². The maximum atomic E-state index is 4.31. The average molecular weight is 208 g/mol. The van der Waals surface area contributed by atoms with Crippen molar-refractivity contribution in [1.29, 1.82) is 0 Å². The van der Waals surface area contributed by atoms with Crippen LogP contribution in [0.15, 0.2) is 11.8 Å². The van der Waals surface area contributed by atoms with Crippen LogP contribution in [0.25, 0.3) is 6.20 Å². The summed E-state index contributed by atoms with van der Waals surface area (Å²) in [5.74, 6) is 1.20. The number of allylic oxidation sites excluding steroid dienone is 1. The zero-order valence-electron chi connectivity index (χ0n) is 11.0. The molecule has 0 aromatic carbocycles. The van der Waals surface area contributed by atoms with Crippen molar-refractivity contribution >= 4 is 6.20 Å². The second-order valence-corrected chi connectivity index (χ2v) is 3.16. The quantitative estimate of drug-likeness (QED) is 0.629. The highest BCUT2D eigenvalue weighted by Gasteiger charge is 2.09. The number of nitrogens with zero attached hydrogens (tertiary/aromatic N) is 2. The normalized spacial score (nSPS) is 12.5. The number of rotatable bonds is 0. The van der Waals surface area contributed by atoms with Crippen LogP contribution in [0, 0.1) is 6.92 Å². The highest BCUT2D eigenvalue weighted by Crippen LogP contribution is 2.17. The summed E-state index contributed by atoms with van der Waals surface area (Å²) in [5, 5.41) is 0. The van der Waals surface area contributed by atoms with Crippen molar-refractivity contribution in [2.75, 3.05) is 0 Å². The zero-order chi connectivity index (χ0) is 11.8. The van der Waals surface area contributed by atoms with Crippen LogP contribution in [0.1, 0.15) is 52.6 Å². The molecule has 0 amide bonds. The van der Waals surface area contributed by atoms with E-state index in [-0.39, 0.29) is 0 Å². The first kappa shape index (κ1) is 13.9.